The fourth-order valence-electron chi connectivity index (χ4n) is 6.44. The average Bonchev–Trinajstić information content (AvgIpc) is 2.87. The van der Waals surface area contributed by atoms with Crippen LogP contribution in [0.25, 0.3) is 10.9 Å². The summed E-state index contributed by atoms with van der Waals surface area (Å²) in [5, 5.41) is 15.4. The van der Waals surface area contributed by atoms with Gasteiger partial charge < -0.3 is 9.84 Å². The first-order valence-corrected chi connectivity index (χ1v) is 14.2. The average molecular weight is 566 g/mol. The molecule has 3 aromatic rings. The zero-order chi connectivity index (χ0) is 28.2. The molecule has 7 nitrogen and oxygen atoms in total. The third-order valence-electron chi connectivity index (χ3n) is 8.98. The molecule has 3 fully saturated rings. The first kappa shape index (κ1) is 27.3. The molecule has 0 spiro atoms. The zero-order valence-corrected chi connectivity index (χ0v) is 23.4. The second-order valence-electron chi connectivity index (χ2n) is 12.1. The van der Waals surface area contributed by atoms with Crippen LogP contribution in [0.1, 0.15) is 67.2 Å². The van der Waals surface area contributed by atoms with Gasteiger partial charge in [-0.3, -0.25) is 24.8 Å². The number of halogens is 2. The number of likely N-dealkylation sites (tertiary alicyclic amines) is 1. The number of nitrogens with zero attached hydrogens (tertiary/aromatic N) is 2. The molecule has 0 bridgehead atoms. The van der Waals surface area contributed by atoms with Gasteiger partial charge in [-0.1, -0.05) is 43.6 Å². The fourth-order valence-corrected chi connectivity index (χ4v) is 6.79. The molecule has 0 radical (unpaired) electrons. The first-order valence-electron chi connectivity index (χ1n) is 13.8. The summed E-state index contributed by atoms with van der Waals surface area (Å²) in [4.78, 5) is 30.7. The predicted octanol–water partition coefficient (Wildman–Crippen LogP) is 4.78. The molecule has 40 heavy (non-hydrogen) atoms. The number of carbonyl (C=O) groups excluding carboxylic acids is 2. The van der Waals surface area contributed by atoms with E-state index >= 15 is 4.39 Å². The number of fused-ring (bicyclic) bond motifs is 1. The van der Waals surface area contributed by atoms with Crippen LogP contribution in [0.2, 0.25) is 5.02 Å². The largest absolute Gasteiger partial charge is 0.384 e. The van der Waals surface area contributed by atoms with Gasteiger partial charge in [-0.15, -0.1) is 0 Å². The SMILES string of the molecule is CC1(C)CN(Cc2ccc(C3COC3)c(Cl)c2)CC[C@]1(O)c1ccc2ncc(C3CCC(=O)NC3=O)cc2c1F. The highest BCUT2D eigenvalue weighted by Gasteiger charge is 2.50. The number of benzene rings is 2. The molecule has 210 valence electrons. The van der Waals surface area contributed by atoms with E-state index in [1.54, 1.807) is 24.4 Å². The van der Waals surface area contributed by atoms with Crippen LogP contribution >= 0.6 is 11.6 Å². The number of imide groups is 1. The van der Waals surface area contributed by atoms with E-state index < -0.39 is 28.7 Å². The van der Waals surface area contributed by atoms with Crippen LogP contribution < -0.4 is 5.32 Å². The summed E-state index contributed by atoms with van der Waals surface area (Å²) in [5.41, 5.74) is 1.39. The molecule has 0 aliphatic carbocycles. The van der Waals surface area contributed by atoms with E-state index in [-0.39, 0.29) is 23.3 Å². The minimum Gasteiger partial charge on any atom is -0.384 e. The van der Waals surface area contributed by atoms with Gasteiger partial charge in [-0.2, -0.15) is 0 Å². The van der Waals surface area contributed by atoms with Crippen molar-refractivity contribution in [3.8, 4) is 0 Å². The summed E-state index contributed by atoms with van der Waals surface area (Å²) in [6.07, 6.45) is 2.51. The molecule has 2 N–H and O–H groups in total. The molecule has 4 heterocycles. The van der Waals surface area contributed by atoms with Crippen LogP contribution in [-0.2, 0) is 26.5 Å². The molecular weight excluding hydrogens is 533 g/mol. The van der Waals surface area contributed by atoms with Crippen LogP contribution in [0.15, 0.2) is 42.6 Å². The summed E-state index contributed by atoms with van der Waals surface area (Å²) in [6, 6.07) is 11.2. The quantitative estimate of drug-likeness (QED) is 0.433. The molecule has 3 aliphatic rings. The van der Waals surface area contributed by atoms with Crippen molar-refractivity contribution in [3.63, 3.8) is 0 Å². The molecular formula is C31H33ClFN3O4. The number of hydrogen-bond donors (Lipinski definition) is 2. The second-order valence-corrected chi connectivity index (χ2v) is 12.5. The number of carbonyl (C=O) groups is 2. The van der Waals surface area contributed by atoms with E-state index in [0.717, 1.165) is 16.1 Å². The lowest BCUT2D eigenvalue weighted by atomic mass is 9.66. The number of piperidine rings is 2. The van der Waals surface area contributed by atoms with Gasteiger partial charge in [-0.05, 0) is 47.7 Å². The van der Waals surface area contributed by atoms with Gasteiger partial charge in [-0.25, -0.2) is 4.39 Å². The number of rotatable bonds is 5. The molecule has 2 aromatic carbocycles. The van der Waals surface area contributed by atoms with Gasteiger partial charge in [0.15, 0.2) is 0 Å². The van der Waals surface area contributed by atoms with E-state index in [9.17, 15) is 14.7 Å². The van der Waals surface area contributed by atoms with Crippen LogP contribution in [0.3, 0.4) is 0 Å². The molecule has 1 unspecified atom stereocenters. The summed E-state index contributed by atoms with van der Waals surface area (Å²) in [5.74, 6) is -1.43. The molecule has 3 aliphatic heterocycles. The van der Waals surface area contributed by atoms with Crippen molar-refractivity contribution in [2.75, 3.05) is 26.3 Å². The van der Waals surface area contributed by atoms with Crippen molar-refractivity contribution in [2.24, 2.45) is 5.41 Å². The molecule has 2 amide bonds. The van der Waals surface area contributed by atoms with E-state index in [1.807, 2.05) is 19.9 Å². The third kappa shape index (κ3) is 4.71. The number of aromatic nitrogens is 1. The van der Waals surface area contributed by atoms with Crippen molar-refractivity contribution in [1.82, 2.24) is 15.2 Å². The minimum atomic E-state index is -1.40. The lowest BCUT2D eigenvalue weighted by Gasteiger charge is -2.50. The summed E-state index contributed by atoms with van der Waals surface area (Å²) in [6.45, 7) is 7.17. The number of nitrogens with one attached hydrogen (secondary N) is 1. The highest BCUT2D eigenvalue weighted by molar-refractivity contribution is 6.31. The highest BCUT2D eigenvalue weighted by Crippen LogP contribution is 2.48. The Balaban J connectivity index is 1.24. The Morgan fingerprint density at radius 1 is 1.20 bits per heavy atom. The molecule has 1 aromatic heterocycles. The monoisotopic (exact) mass is 565 g/mol. The number of aliphatic hydroxyl groups is 1. The molecule has 6 rings (SSSR count). The van der Waals surface area contributed by atoms with Crippen molar-refractivity contribution in [3.05, 3.63) is 75.7 Å². The molecule has 0 saturated carbocycles. The number of hydrogen-bond acceptors (Lipinski definition) is 6. The molecule has 9 heteroatoms. The molecule has 3 saturated heterocycles. The Morgan fingerprint density at radius 2 is 2.00 bits per heavy atom. The number of ether oxygens (including phenoxy) is 1. The van der Waals surface area contributed by atoms with Gasteiger partial charge >= 0.3 is 0 Å². The third-order valence-corrected chi connectivity index (χ3v) is 9.31. The minimum absolute atomic E-state index is 0.229. The van der Waals surface area contributed by atoms with Crippen molar-refractivity contribution < 1.29 is 23.8 Å². The normalized spacial score (nSPS) is 25.6. The molecule has 2 atom stereocenters. The Morgan fingerprint density at radius 3 is 2.67 bits per heavy atom. The van der Waals surface area contributed by atoms with Crippen LogP contribution in [-0.4, -0.2) is 53.1 Å². The van der Waals surface area contributed by atoms with Gasteiger partial charge in [0.05, 0.1) is 30.2 Å². The van der Waals surface area contributed by atoms with Crippen molar-refractivity contribution in [1.29, 1.82) is 0 Å². The standard InChI is InChI=1S/C31H33ClFN3O4/c1-30(2)17-36(14-18-3-4-21(25(32)11-18)20-15-40-16-20)10-9-31(30,39)24-6-7-26-23(28(24)33)12-19(13-34-26)22-5-8-27(37)35-29(22)38/h3-4,6-7,11-13,20,22,39H,5,8-10,14-17H2,1-2H3,(H,35,37,38)/t22?,31-/m0/s1. The lowest BCUT2D eigenvalue weighted by Crippen LogP contribution is -2.55. The lowest BCUT2D eigenvalue weighted by molar-refractivity contribution is -0.134. The Bertz CT molecular complexity index is 1510. The smallest absolute Gasteiger partial charge is 0.234 e. The maximum atomic E-state index is 16.2. The first-order chi connectivity index (χ1) is 19.1. The maximum absolute atomic E-state index is 16.2. The van der Waals surface area contributed by atoms with Crippen LogP contribution in [0, 0.1) is 11.2 Å². The Hall–Kier alpha value is -2.91. The maximum Gasteiger partial charge on any atom is 0.234 e. The van der Waals surface area contributed by atoms with E-state index in [4.69, 9.17) is 16.3 Å². The summed E-state index contributed by atoms with van der Waals surface area (Å²) in [7, 11) is 0. The van der Waals surface area contributed by atoms with E-state index in [0.29, 0.717) is 62.7 Å². The van der Waals surface area contributed by atoms with Gasteiger partial charge in [0.25, 0.3) is 0 Å². The Kier molecular flexibility index (Phi) is 6.94. The van der Waals surface area contributed by atoms with Crippen LogP contribution in [0.4, 0.5) is 4.39 Å². The van der Waals surface area contributed by atoms with E-state index in [2.05, 4.69) is 27.3 Å². The van der Waals surface area contributed by atoms with Crippen molar-refractivity contribution in [2.45, 2.75) is 57.1 Å². The fraction of sp³-hybridized carbons (Fsp3) is 0.452. The predicted molar refractivity (Wildman–Crippen MR) is 149 cm³/mol. The van der Waals surface area contributed by atoms with Gasteiger partial charge in [0.2, 0.25) is 11.8 Å². The van der Waals surface area contributed by atoms with Gasteiger partial charge in [0, 0.05) is 59.6 Å². The Labute approximate surface area is 237 Å². The zero-order valence-electron chi connectivity index (χ0n) is 22.7. The highest BCUT2D eigenvalue weighted by atomic mass is 35.5. The van der Waals surface area contributed by atoms with Crippen LogP contribution in [0.5, 0.6) is 0 Å². The van der Waals surface area contributed by atoms with Gasteiger partial charge in [0.1, 0.15) is 5.82 Å². The van der Waals surface area contributed by atoms with Crippen molar-refractivity contribution >= 4 is 34.3 Å². The number of amides is 2. The second kappa shape index (κ2) is 10.2. The van der Waals surface area contributed by atoms with E-state index in [1.165, 1.54) is 0 Å². The topological polar surface area (TPSA) is 91.8 Å². The number of pyridine rings is 1. The summed E-state index contributed by atoms with van der Waals surface area (Å²) < 4.78 is 21.5. The summed E-state index contributed by atoms with van der Waals surface area (Å²) >= 11 is 6.58.